The number of nitrogens with one attached hydrogen (secondary N) is 2. The van der Waals surface area contributed by atoms with E-state index in [0.29, 0.717) is 17.4 Å². The van der Waals surface area contributed by atoms with Gasteiger partial charge in [-0.15, -0.1) is 0 Å². The van der Waals surface area contributed by atoms with Gasteiger partial charge in [-0.2, -0.15) is 0 Å². The van der Waals surface area contributed by atoms with Crippen molar-refractivity contribution in [2.45, 2.75) is 31.7 Å². The van der Waals surface area contributed by atoms with Gasteiger partial charge in [0, 0.05) is 18.9 Å². The number of hydrogen-bond acceptors (Lipinski definition) is 3. The number of nitrogens with zero attached hydrogens (tertiary/aromatic N) is 1. The van der Waals surface area contributed by atoms with E-state index in [1.54, 1.807) is 18.2 Å². The van der Waals surface area contributed by atoms with E-state index in [9.17, 15) is 14.4 Å². The molecule has 3 amide bonds. The van der Waals surface area contributed by atoms with Crippen molar-refractivity contribution in [2.75, 3.05) is 16.8 Å². The van der Waals surface area contributed by atoms with Gasteiger partial charge in [-0.3, -0.25) is 14.4 Å². The number of benzene rings is 1. The van der Waals surface area contributed by atoms with Crippen molar-refractivity contribution < 1.29 is 14.4 Å². The van der Waals surface area contributed by atoms with Crippen LogP contribution >= 0.6 is 0 Å². The Kier molecular flexibility index (Phi) is 3.60. The zero-order valence-electron chi connectivity index (χ0n) is 11.6. The van der Waals surface area contributed by atoms with Gasteiger partial charge in [-0.1, -0.05) is 12.1 Å². The van der Waals surface area contributed by atoms with Gasteiger partial charge < -0.3 is 15.5 Å². The van der Waals surface area contributed by atoms with Crippen molar-refractivity contribution in [3.63, 3.8) is 0 Å². The van der Waals surface area contributed by atoms with Gasteiger partial charge in [0.05, 0.1) is 11.4 Å². The summed E-state index contributed by atoms with van der Waals surface area (Å²) in [6.07, 6.45) is 2.33. The molecule has 3 rings (SSSR count). The zero-order valence-corrected chi connectivity index (χ0v) is 11.6. The summed E-state index contributed by atoms with van der Waals surface area (Å²) in [5.74, 6) is -0.520. The Morgan fingerprint density at radius 2 is 2.00 bits per heavy atom. The third-order valence-electron chi connectivity index (χ3n) is 3.58. The number of amides is 3. The van der Waals surface area contributed by atoms with Crippen LogP contribution in [0.2, 0.25) is 0 Å². The van der Waals surface area contributed by atoms with Crippen LogP contribution in [0.3, 0.4) is 0 Å². The molecule has 1 saturated carbocycles. The molecule has 2 N–H and O–H groups in total. The molecule has 0 spiro atoms. The summed E-state index contributed by atoms with van der Waals surface area (Å²) in [7, 11) is 0. The van der Waals surface area contributed by atoms with E-state index in [4.69, 9.17) is 0 Å². The van der Waals surface area contributed by atoms with Crippen LogP contribution in [0.15, 0.2) is 24.3 Å². The van der Waals surface area contributed by atoms with Gasteiger partial charge >= 0.3 is 0 Å². The molecule has 21 heavy (non-hydrogen) atoms. The number of carbonyl (C=O) groups is 3. The fourth-order valence-corrected chi connectivity index (χ4v) is 2.34. The molecule has 0 saturated heterocycles. The van der Waals surface area contributed by atoms with E-state index in [-0.39, 0.29) is 37.1 Å². The number of para-hydroxylation sites is 2. The maximum absolute atomic E-state index is 12.3. The second-order valence-corrected chi connectivity index (χ2v) is 5.39. The van der Waals surface area contributed by atoms with Crippen LogP contribution in [-0.4, -0.2) is 30.3 Å². The Balaban J connectivity index is 1.63. The summed E-state index contributed by atoms with van der Waals surface area (Å²) >= 11 is 0. The molecule has 1 aliphatic carbocycles. The lowest BCUT2D eigenvalue weighted by Gasteiger charge is -2.29. The summed E-state index contributed by atoms with van der Waals surface area (Å²) in [6.45, 7) is 0.0000900. The Morgan fingerprint density at radius 3 is 2.76 bits per heavy atom. The lowest BCUT2D eigenvalue weighted by atomic mass is 10.1. The average Bonchev–Trinajstić information content (AvgIpc) is 3.27. The zero-order chi connectivity index (χ0) is 14.8. The van der Waals surface area contributed by atoms with E-state index in [1.807, 2.05) is 6.07 Å². The third-order valence-corrected chi connectivity index (χ3v) is 3.58. The van der Waals surface area contributed by atoms with Crippen LogP contribution in [0, 0.1) is 0 Å². The Labute approximate surface area is 122 Å². The highest BCUT2D eigenvalue weighted by molar-refractivity contribution is 6.10. The monoisotopic (exact) mass is 287 g/mol. The fourth-order valence-electron chi connectivity index (χ4n) is 2.34. The van der Waals surface area contributed by atoms with E-state index in [0.717, 1.165) is 12.8 Å². The van der Waals surface area contributed by atoms with Gasteiger partial charge in [0.15, 0.2) is 0 Å². The molecule has 1 aliphatic heterocycles. The van der Waals surface area contributed by atoms with Crippen LogP contribution < -0.4 is 15.5 Å². The van der Waals surface area contributed by atoms with Crippen molar-refractivity contribution in [1.29, 1.82) is 0 Å². The molecule has 1 heterocycles. The predicted molar refractivity (Wildman–Crippen MR) is 77.8 cm³/mol. The minimum atomic E-state index is -0.218. The minimum absolute atomic E-state index is 0.0000900. The van der Waals surface area contributed by atoms with Crippen molar-refractivity contribution in [3.05, 3.63) is 24.3 Å². The first-order chi connectivity index (χ1) is 10.1. The quantitative estimate of drug-likeness (QED) is 0.868. The molecule has 6 nitrogen and oxygen atoms in total. The van der Waals surface area contributed by atoms with Gasteiger partial charge in [0.25, 0.3) is 0 Å². The first-order valence-corrected chi connectivity index (χ1v) is 7.12. The van der Waals surface area contributed by atoms with Gasteiger partial charge in [0.1, 0.15) is 6.54 Å². The smallest absolute Gasteiger partial charge is 0.244 e. The molecule has 1 fully saturated rings. The van der Waals surface area contributed by atoms with Crippen LogP contribution in [-0.2, 0) is 14.4 Å². The number of fused-ring (bicyclic) bond motifs is 1. The molecular weight excluding hydrogens is 270 g/mol. The largest absolute Gasteiger partial charge is 0.353 e. The Hall–Kier alpha value is -2.37. The summed E-state index contributed by atoms with van der Waals surface area (Å²) in [4.78, 5) is 37.0. The summed E-state index contributed by atoms with van der Waals surface area (Å²) in [5, 5.41) is 5.58. The maximum Gasteiger partial charge on any atom is 0.244 e. The number of rotatable bonds is 4. The topological polar surface area (TPSA) is 78.5 Å². The highest BCUT2D eigenvalue weighted by Crippen LogP contribution is 2.29. The Morgan fingerprint density at radius 1 is 1.24 bits per heavy atom. The summed E-state index contributed by atoms with van der Waals surface area (Å²) < 4.78 is 0. The molecule has 0 aromatic heterocycles. The molecule has 0 radical (unpaired) electrons. The van der Waals surface area contributed by atoms with Crippen LogP contribution in [0.4, 0.5) is 11.4 Å². The summed E-state index contributed by atoms with van der Waals surface area (Å²) in [5.41, 5.74) is 1.31. The molecule has 0 atom stereocenters. The van der Waals surface area contributed by atoms with Crippen molar-refractivity contribution in [3.8, 4) is 0 Å². The fraction of sp³-hybridized carbons (Fsp3) is 0.400. The van der Waals surface area contributed by atoms with Crippen LogP contribution in [0.1, 0.15) is 25.7 Å². The van der Waals surface area contributed by atoms with E-state index < -0.39 is 0 Å². The molecule has 6 heteroatoms. The van der Waals surface area contributed by atoms with Gasteiger partial charge in [0.2, 0.25) is 17.7 Å². The lowest BCUT2D eigenvalue weighted by Crippen LogP contribution is -2.42. The van der Waals surface area contributed by atoms with Crippen LogP contribution in [0.25, 0.3) is 0 Å². The van der Waals surface area contributed by atoms with Crippen molar-refractivity contribution in [2.24, 2.45) is 0 Å². The lowest BCUT2D eigenvalue weighted by molar-refractivity contribution is -0.125. The van der Waals surface area contributed by atoms with E-state index in [2.05, 4.69) is 10.6 Å². The molecule has 2 aliphatic rings. The van der Waals surface area contributed by atoms with Gasteiger partial charge in [-0.05, 0) is 25.0 Å². The molecular formula is C15H17N3O3. The Bertz CT molecular complexity index is 596. The molecule has 0 unspecified atom stereocenters. The highest BCUT2D eigenvalue weighted by atomic mass is 16.2. The number of anilines is 2. The second-order valence-electron chi connectivity index (χ2n) is 5.39. The molecule has 1 aromatic carbocycles. The molecule has 1 aromatic rings. The molecule has 0 bridgehead atoms. The van der Waals surface area contributed by atoms with Crippen molar-refractivity contribution >= 4 is 29.1 Å². The second kappa shape index (κ2) is 5.55. The third kappa shape index (κ3) is 3.21. The van der Waals surface area contributed by atoms with Gasteiger partial charge in [-0.25, -0.2) is 0 Å². The normalized spacial score (nSPS) is 17.0. The summed E-state index contributed by atoms with van der Waals surface area (Å²) in [6, 6.07) is 7.46. The molecule has 110 valence electrons. The van der Waals surface area contributed by atoms with Crippen molar-refractivity contribution in [1.82, 2.24) is 5.32 Å². The number of carbonyl (C=O) groups excluding carboxylic acids is 3. The standard InChI is InChI=1S/C15H17N3O3/c19-13(16-10-5-6-10)7-8-15(21)18-9-14(20)17-11-3-1-2-4-12(11)18/h1-4,10H,5-9H2,(H,16,19)(H,17,20). The predicted octanol–water partition coefficient (Wildman–Crippen LogP) is 1.03. The van der Waals surface area contributed by atoms with E-state index >= 15 is 0 Å². The first kappa shape index (κ1) is 13.6. The maximum atomic E-state index is 12.3. The first-order valence-electron chi connectivity index (χ1n) is 7.12. The average molecular weight is 287 g/mol. The minimum Gasteiger partial charge on any atom is -0.353 e. The highest BCUT2D eigenvalue weighted by Gasteiger charge is 2.27. The number of hydrogen-bond donors (Lipinski definition) is 2. The SMILES string of the molecule is O=C1CN(C(=O)CCC(=O)NC2CC2)c2ccccc2N1. The van der Waals surface area contributed by atoms with E-state index in [1.165, 1.54) is 4.90 Å². The van der Waals surface area contributed by atoms with Crippen LogP contribution in [0.5, 0.6) is 0 Å².